The van der Waals surface area contributed by atoms with E-state index in [0.29, 0.717) is 24.2 Å². The summed E-state index contributed by atoms with van der Waals surface area (Å²) in [5.41, 5.74) is 2.08. The summed E-state index contributed by atoms with van der Waals surface area (Å²) < 4.78 is 5.47. The van der Waals surface area contributed by atoms with E-state index in [0.717, 1.165) is 16.6 Å². The van der Waals surface area contributed by atoms with Gasteiger partial charge in [0, 0.05) is 49.2 Å². The minimum atomic E-state index is -0.415. The summed E-state index contributed by atoms with van der Waals surface area (Å²) in [6.07, 6.45) is 3.26. The van der Waals surface area contributed by atoms with Crippen LogP contribution in [0.25, 0.3) is 22.1 Å². The monoisotopic (exact) mass is 372 g/mol. The van der Waals surface area contributed by atoms with Gasteiger partial charge in [0.2, 0.25) is 0 Å². The lowest BCUT2D eigenvalue weighted by Crippen LogP contribution is -2.29. The van der Waals surface area contributed by atoms with Gasteiger partial charge in [0.05, 0.1) is 18.8 Å². The number of aromatic nitrogens is 1. The number of anilines is 1. The largest absolute Gasteiger partial charge is 0.422 e. The molecule has 0 bridgehead atoms. The molecule has 0 spiro atoms. The molecule has 0 radical (unpaired) electrons. The molecule has 0 aliphatic rings. The predicted octanol–water partition coefficient (Wildman–Crippen LogP) is 1.64. The van der Waals surface area contributed by atoms with Gasteiger partial charge < -0.3 is 24.6 Å². The van der Waals surface area contributed by atoms with E-state index in [2.05, 4.69) is 4.98 Å². The molecule has 0 unspecified atom stereocenters. The van der Waals surface area contributed by atoms with Crippen molar-refractivity contribution in [3.8, 4) is 11.1 Å². The van der Waals surface area contributed by atoms with Crippen LogP contribution in [0.3, 0.4) is 0 Å². The van der Waals surface area contributed by atoms with Gasteiger partial charge in [-0.05, 0) is 42.8 Å². The van der Waals surface area contributed by atoms with Crippen molar-refractivity contribution < 1.29 is 19.7 Å². The Morgan fingerprint density at radius 1 is 1.00 bits per heavy atom. The van der Waals surface area contributed by atoms with Crippen molar-refractivity contribution in [2.75, 3.05) is 37.8 Å². The molecule has 3 N–H and O–H groups in total. The van der Waals surface area contributed by atoms with E-state index < -0.39 is 5.63 Å². The van der Waals surface area contributed by atoms with E-state index >= 15 is 0 Å². The standard InChI is InChI=1S/C18H18N2O4.C2H6O/c21-9-7-20(8-10-22)15-2-1-14-11-16(13-3-5-19-6-4-13)18(23)24-17(14)12-15;1-2-3/h1-6,11-12,21-22H,7-10H2;3H,2H2,1H3. The molecule has 2 heterocycles. The molecule has 0 aliphatic carbocycles. The van der Waals surface area contributed by atoms with Crippen LogP contribution in [-0.2, 0) is 0 Å². The fraction of sp³-hybridized carbons (Fsp3) is 0.300. The van der Waals surface area contributed by atoms with Crippen LogP contribution in [-0.4, -0.2) is 53.2 Å². The number of pyridine rings is 1. The van der Waals surface area contributed by atoms with Gasteiger partial charge in [0.15, 0.2) is 0 Å². The van der Waals surface area contributed by atoms with Crippen molar-refractivity contribution in [1.29, 1.82) is 0 Å². The van der Waals surface area contributed by atoms with Crippen LogP contribution in [0.15, 0.2) is 58.0 Å². The quantitative estimate of drug-likeness (QED) is 0.565. The summed E-state index contributed by atoms with van der Waals surface area (Å²) in [6, 6.07) is 10.8. The lowest BCUT2D eigenvalue weighted by atomic mass is 10.1. The van der Waals surface area contributed by atoms with Crippen LogP contribution < -0.4 is 10.5 Å². The number of rotatable bonds is 6. The third kappa shape index (κ3) is 5.37. The second-order valence-electron chi connectivity index (χ2n) is 5.66. The lowest BCUT2D eigenvalue weighted by Gasteiger charge is -2.23. The number of aliphatic hydroxyl groups excluding tert-OH is 3. The Morgan fingerprint density at radius 3 is 2.22 bits per heavy atom. The molecular formula is C20H24N2O5. The summed E-state index contributed by atoms with van der Waals surface area (Å²) in [7, 11) is 0. The smallest absolute Gasteiger partial charge is 0.344 e. The molecular weight excluding hydrogens is 348 g/mol. The molecule has 0 amide bonds. The Bertz CT molecular complexity index is 890. The van der Waals surface area contributed by atoms with Crippen LogP contribution in [0.4, 0.5) is 5.69 Å². The third-order valence-corrected chi connectivity index (χ3v) is 3.82. The zero-order valence-corrected chi connectivity index (χ0v) is 15.2. The van der Waals surface area contributed by atoms with E-state index in [1.807, 2.05) is 17.0 Å². The van der Waals surface area contributed by atoms with Gasteiger partial charge in [0.25, 0.3) is 0 Å². The minimum absolute atomic E-state index is 0.0248. The van der Waals surface area contributed by atoms with Gasteiger partial charge >= 0.3 is 5.63 Å². The average molecular weight is 372 g/mol. The first kappa shape index (κ1) is 20.6. The molecule has 3 rings (SSSR count). The molecule has 0 saturated carbocycles. The van der Waals surface area contributed by atoms with Crippen molar-refractivity contribution in [2.45, 2.75) is 6.92 Å². The Morgan fingerprint density at radius 2 is 1.63 bits per heavy atom. The highest BCUT2D eigenvalue weighted by Crippen LogP contribution is 2.24. The molecule has 7 nitrogen and oxygen atoms in total. The van der Waals surface area contributed by atoms with Gasteiger partial charge in [0.1, 0.15) is 5.58 Å². The lowest BCUT2D eigenvalue weighted by molar-refractivity contribution is 0.281. The molecule has 27 heavy (non-hydrogen) atoms. The molecule has 3 aromatic rings. The van der Waals surface area contributed by atoms with E-state index in [1.165, 1.54) is 0 Å². The van der Waals surface area contributed by atoms with Crippen molar-refractivity contribution in [3.63, 3.8) is 0 Å². The zero-order valence-electron chi connectivity index (χ0n) is 15.2. The number of aliphatic hydroxyl groups is 3. The van der Waals surface area contributed by atoms with Gasteiger partial charge in [-0.25, -0.2) is 4.79 Å². The highest BCUT2D eigenvalue weighted by atomic mass is 16.4. The van der Waals surface area contributed by atoms with Crippen molar-refractivity contribution in [2.24, 2.45) is 0 Å². The van der Waals surface area contributed by atoms with E-state index in [4.69, 9.17) is 19.7 Å². The maximum absolute atomic E-state index is 12.3. The van der Waals surface area contributed by atoms with Gasteiger partial charge in [-0.2, -0.15) is 0 Å². The molecule has 144 valence electrons. The Labute approximate surface area is 157 Å². The third-order valence-electron chi connectivity index (χ3n) is 3.82. The first-order valence-electron chi connectivity index (χ1n) is 8.70. The highest BCUT2D eigenvalue weighted by Gasteiger charge is 2.11. The van der Waals surface area contributed by atoms with Crippen molar-refractivity contribution in [3.05, 3.63) is 59.2 Å². The summed E-state index contributed by atoms with van der Waals surface area (Å²) in [4.78, 5) is 18.1. The molecule has 1 aromatic carbocycles. The Kier molecular flexibility index (Phi) is 7.94. The second kappa shape index (κ2) is 10.4. The number of fused-ring (bicyclic) bond motifs is 1. The minimum Gasteiger partial charge on any atom is -0.422 e. The van der Waals surface area contributed by atoms with Crippen molar-refractivity contribution >= 4 is 16.7 Å². The fourth-order valence-corrected chi connectivity index (χ4v) is 2.64. The number of hydrogen-bond donors (Lipinski definition) is 3. The van der Waals surface area contributed by atoms with Crippen LogP contribution >= 0.6 is 0 Å². The normalized spacial score (nSPS) is 10.4. The maximum atomic E-state index is 12.3. The average Bonchev–Trinajstić information content (AvgIpc) is 2.68. The Hall–Kier alpha value is -2.74. The summed E-state index contributed by atoms with van der Waals surface area (Å²) in [6.45, 7) is 2.67. The summed E-state index contributed by atoms with van der Waals surface area (Å²) in [5, 5.41) is 26.7. The summed E-state index contributed by atoms with van der Waals surface area (Å²) in [5.74, 6) is 0. The van der Waals surface area contributed by atoms with Crippen LogP contribution in [0.2, 0.25) is 0 Å². The van der Waals surface area contributed by atoms with Crippen LogP contribution in [0.1, 0.15) is 6.92 Å². The molecule has 7 heteroatoms. The fourth-order valence-electron chi connectivity index (χ4n) is 2.64. The molecule has 0 aliphatic heterocycles. The first-order chi connectivity index (χ1) is 13.1. The number of hydrogen-bond acceptors (Lipinski definition) is 7. The molecule has 0 atom stereocenters. The van der Waals surface area contributed by atoms with Crippen LogP contribution in [0.5, 0.6) is 0 Å². The van der Waals surface area contributed by atoms with Crippen molar-refractivity contribution in [1.82, 2.24) is 4.98 Å². The van der Waals surface area contributed by atoms with Crippen LogP contribution in [0, 0.1) is 0 Å². The topological polar surface area (TPSA) is 107 Å². The maximum Gasteiger partial charge on any atom is 0.344 e. The van der Waals surface area contributed by atoms with E-state index in [-0.39, 0.29) is 19.8 Å². The van der Waals surface area contributed by atoms with E-state index in [1.54, 1.807) is 43.6 Å². The molecule has 2 aromatic heterocycles. The van der Waals surface area contributed by atoms with E-state index in [9.17, 15) is 4.79 Å². The molecule has 0 saturated heterocycles. The molecule has 0 fully saturated rings. The first-order valence-corrected chi connectivity index (χ1v) is 8.70. The number of nitrogens with zero attached hydrogens (tertiary/aromatic N) is 2. The number of benzene rings is 1. The second-order valence-corrected chi connectivity index (χ2v) is 5.66. The van der Waals surface area contributed by atoms with Gasteiger partial charge in [-0.1, -0.05) is 0 Å². The predicted molar refractivity (Wildman–Crippen MR) is 105 cm³/mol. The van der Waals surface area contributed by atoms with Gasteiger partial charge in [-0.15, -0.1) is 0 Å². The SMILES string of the molecule is CCO.O=c1oc2cc(N(CCO)CCO)ccc2cc1-c1ccncc1. The summed E-state index contributed by atoms with van der Waals surface area (Å²) >= 11 is 0. The zero-order chi connectivity index (χ0) is 19.6. The van der Waals surface area contributed by atoms with Gasteiger partial charge in [-0.3, -0.25) is 4.98 Å². The highest BCUT2D eigenvalue weighted by molar-refractivity contribution is 5.84. The Balaban J connectivity index is 0.000000817.